The number of carbonyl (C=O) groups is 1. The highest BCUT2D eigenvalue weighted by atomic mass is 35.5. The Morgan fingerprint density at radius 1 is 1.24 bits per heavy atom. The molecule has 0 saturated carbocycles. The number of halogens is 1. The largest absolute Gasteiger partial charge is 0.332 e. The smallest absolute Gasteiger partial charge is 0.255 e. The Labute approximate surface area is 127 Å². The van der Waals surface area contributed by atoms with E-state index in [-0.39, 0.29) is 17.5 Å². The van der Waals surface area contributed by atoms with Gasteiger partial charge in [-0.3, -0.25) is 9.59 Å². The molecule has 1 N–H and O–H groups in total. The van der Waals surface area contributed by atoms with Crippen LogP contribution in [0.25, 0.3) is 0 Å². The zero-order valence-corrected chi connectivity index (χ0v) is 12.1. The van der Waals surface area contributed by atoms with Gasteiger partial charge in [-0.15, -0.1) is 0 Å². The summed E-state index contributed by atoms with van der Waals surface area (Å²) in [6, 6.07) is 10.6. The van der Waals surface area contributed by atoms with Crippen LogP contribution in [0.1, 0.15) is 34.8 Å². The minimum atomic E-state index is -0.212. The van der Waals surface area contributed by atoms with Crippen LogP contribution in [0.15, 0.2) is 47.4 Å². The maximum Gasteiger partial charge on any atom is 0.255 e. The second-order valence-corrected chi connectivity index (χ2v) is 5.53. The maximum atomic E-state index is 12.6. The van der Waals surface area contributed by atoms with Gasteiger partial charge in [0, 0.05) is 23.8 Å². The third kappa shape index (κ3) is 2.72. The number of hydrogen-bond donors (Lipinski definition) is 1. The van der Waals surface area contributed by atoms with Crippen LogP contribution in [0, 0.1) is 0 Å². The van der Waals surface area contributed by atoms with Gasteiger partial charge in [0.25, 0.3) is 5.91 Å². The van der Waals surface area contributed by atoms with Crippen LogP contribution >= 0.6 is 11.6 Å². The maximum absolute atomic E-state index is 12.6. The summed E-state index contributed by atoms with van der Waals surface area (Å²) in [5, 5.41) is 0.684. The lowest BCUT2D eigenvalue weighted by Crippen LogP contribution is -2.31. The van der Waals surface area contributed by atoms with E-state index in [1.807, 2.05) is 29.2 Å². The van der Waals surface area contributed by atoms with E-state index >= 15 is 0 Å². The van der Waals surface area contributed by atoms with Gasteiger partial charge in [-0.1, -0.05) is 29.8 Å². The number of hydrogen-bond acceptors (Lipinski definition) is 2. The zero-order chi connectivity index (χ0) is 14.8. The van der Waals surface area contributed by atoms with Crippen molar-refractivity contribution in [3.05, 3.63) is 69.1 Å². The standard InChI is InChI=1S/C16H15ClN2O2/c17-13-5-2-1-4-12(13)14-6-3-9-19(14)16(21)11-7-8-15(20)18-10-11/h1-2,4-5,7-8,10,14H,3,6,9H2,(H,18,20). The first kappa shape index (κ1) is 13.9. The lowest BCUT2D eigenvalue weighted by Gasteiger charge is -2.25. The van der Waals surface area contributed by atoms with Gasteiger partial charge in [-0.2, -0.15) is 0 Å². The molecule has 1 saturated heterocycles. The summed E-state index contributed by atoms with van der Waals surface area (Å²) in [6.07, 6.45) is 3.32. The predicted octanol–water partition coefficient (Wildman–Crippen LogP) is 3.01. The third-order valence-electron chi connectivity index (χ3n) is 3.81. The molecule has 1 aromatic heterocycles. The number of amides is 1. The van der Waals surface area contributed by atoms with E-state index in [2.05, 4.69) is 4.98 Å². The number of benzene rings is 1. The van der Waals surface area contributed by atoms with Gasteiger partial charge < -0.3 is 9.88 Å². The number of nitrogens with one attached hydrogen (secondary N) is 1. The van der Waals surface area contributed by atoms with Crippen LogP contribution in [-0.2, 0) is 0 Å². The molecule has 4 nitrogen and oxygen atoms in total. The number of aromatic amines is 1. The van der Waals surface area contributed by atoms with Crippen LogP contribution in [0.3, 0.4) is 0 Å². The van der Waals surface area contributed by atoms with E-state index in [9.17, 15) is 9.59 Å². The van der Waals surface area contributed by atoms with Gasteiger partial charge in [0.1, 0.15) is 0 Å². The molecule has 1 aliphatic rings. The first-order chi connectivity index (χ1) is 10.2. The van der Waals surface area contributed by atoms with Crippen molar-refractivity contribution in [2.45, 2.75) is 18.9 Å². The highest BCUT2D eigenvalue weighted by Gasteiger charge is 2.31. The Morgan fingerprint density at radius 3 is 2.76 bits per heavy atom. The Morgan fingerprint density at radius 2 is 2.05 bits per heavy atom. The molecule has 1 aliphatic heterocycles. The van der Waals surface area contributed by atoms with E-state index < -0.39 is 0 Å². The fourth-order valence-corrected chi connectivity index (χ4v) is 3.05. The van der Waals surface area contributed by atoms with Crippen molar-refractivity contribution in [3.63, 3.8) is 0 Å². The van der Waals surface area contributed by atoms with E-state index in [1.54, 1.807) is 6.07 Å². The normalized spacial score (nSPS) is 18.0. The molecular weight excluding hydrogens is 288 g/mol. The van der Waals surface area contributed by atoms with Gasteiger partial charge in [0.15, 0.2) is 0 Å². The molecule has 2 aromatic rings. The summed E-state index contributed by atoms with van der Waals surface area (Å²) in [4.78, 5) is 28.1. The van der Waals surface area contributed by atoms with Crippen LogP contribution in [0.2, 0.25) is 5.02 Å². The number of H-pyrrole nitrogens is 1. The second kappa shape index (κ2) is 5.74. The molecule has 0 radical (unpaired) electrons. The lowest BCUT2D eigenvalue weighted by molar-refractivity contribution is 0.0735. The molecule has 2 heterocycles. The first-order valence-electron chi connectivity index (χ1n) is 6.91. The molecule has 108 valence electrons. The van der Waals surface area contributed by atoms with Gasteiger partial charge >= 0.3 is 0 Å². The summed E-state index contributed by atoms with van der Waals surface area (Å²) >= 11 is 6.26. The van der Waals surface area contributed by atoms with E-state index in [1.165, 1.54) is 12.3 Å². The van der Waals surface area contributed by atoms with Crippen molar-refractivity contribution in [1.82, 2.24) is 9.88 Å². The summed E-state index contributed by atoms with van der Waals surface area (Å²) in [6.45, 7) is 0.702. The Kier molecular flexibility index (Phi) is 3.80. The molecular formula is C16H15ClN2O2. The summed E-state index contributed by atoms with van der Waals surface area (Å²) in [5.41, 5.74) is 1.26. The molecule has 1 unspecified atom stereocenters. The van der Waals surface area contributed by atoms with E-state index in [0.29, 0.717) is 17.1 Å². The van der Waals surface area contributed by atoms with Crippen molar-refractivity contribution >= 4 is 17.5 Å². The summed E-state index contributed by atoms with van der Waals surface area (Å²) in [7, 11) is 0. The monoisotopic (exact) mass is 302 g/mol. The van der Waals surface area contributed by atoms with E-state index in [4.69, 9.17) is 11.6 Å². The van der Waals surface area contributed by atoms with Gasteiger partial charge in [-0.25, -0.2) is 0 Å². The SMILES string of the molecule is O=C(c1ccc(=O)[nH]c1)N1CCCC1c1ccccc1Cl. The molecule has 5 heteroatoms. The Balaban J connectivity index is 1.90. The topological polar surface area (TPSA) is 53.2 Å². The van der Waals surface area contributed by atoms with Gasteiger partial charge in [-0.05, 0) is 30.5 Å². The zero-order valence-electron chi connectivity index (χ0n) is 11.4. The molecule has 1 atom stereocenters. The quantitative estimate of drug-likeness (QED) is 0.927. The lowest BCUT2D eigenvalue weighted by atomic mass is 10.0. The molecule has 21 heavy (non-hydrogen) atoms. The minimum absolute atomic E-state index is 0.00173. The number of rotatable bonds is 2. The number of likely N-dealkylation sites (tertiary alicyclic amines) is 1. The fraction of sp³-hybridized carbons (Fsp3) is 0.250. The van der Waals surface area contributed by atoms with Gasteiger partial charge in [0.2, 0.25) is 5.56 Å². The minimum Gasteiger partial charge on any atom is -0.332 e. The second-order valence-electron chi connectivity index (χ2n) is 5.12. The van der Waals surface area contributed by atoms with Crippen LogP contribution in [0.5, 0.6) is 0 Å². The van der Waals surface area contributed by atoms with Crippen molar-refractivity contribution in [2.75, 3.05) is 6.54 Å². The molecule has 1 aromatic carbocycles. The number of pyridine rings is 1. The summed E-state index contributed by atoms with van der Waals surface area (Å²) < 4.78 is 0. The average Bonchev–Trinajstić information content (AvgIpc) is 2.97. The number of aromatic nitrogens is 1. The first-order valence-corrected chi connectivity index (χ1v) is 7.29. The molecule has 0 spiro atoms. The van der Waals surface area contributed by atoms with Crippen LogP contribution in [-0.4, -0.2) is 22.3 Å². The van der Waals surface area contributed by atoms with Crippen LogP contribution in [0.4, 0.5) is 0 Å². The highest BCUT2D eigenvalue weighted by molar-refractivity contribution is 6.31. The number of nitrogens with zero attached hydrogens (tertiary/aromatic N) is 1. The molecule has 1 fully saturated rings. The Bertz CT molecular complexity index is 706. The van der Waals surface area contributed by atoms with Crippen LogP contribution < -0.4 is 5.56 Å². The van der Waals surface area contributed by atoms with Crippen molar-refractivity contribution in [3.8, 4) is 0 Å². The molecule has 0 aliphatic carbocycles. The summed E-state index contributed by atoms with van der Waals surface area (Å²) in [5.74, 6) is -0.0753. The third-order valence-corrected chi connectivity index (χ3v) is 4.15. The van der Waals surface area contributed by atoms with Crippen molar-refractivity contribution in [2.24, 2.45) is 0 Å². The molecule has 1 amide bonds. The Hall–Kier alpha value is -2.07. The fourth-order valence-electron chi connectivity index (χ4n) is 2.79. The molecule has 3 rings (SSSR count). The highest BCUT2D eigenvalue weighted by Crippen LogP contribution is 2.36. The number of carbonyl (C=O) groups excluding carboxylic acids is 1. The van der Waals surface area contributed by atoms with Gasteiger partial charge in [0.05, 0.1) is 11.6 Å². The predicted molar refractivity (Wildman–Crippen MR) is 81.5 cm³/mol. The van der Waals surface area contributed by atoms with Crippen molar-refractivity contribution < 1.29 is 4.79 Å². The van der Waals surface area contributed by atoms with Crippen molar-refractivity contribution in [1.29, 1.82) is 0 Å². The van der Waals surface area contributed by atoms with E-state index in [0.717, 1.165) is 18.4 Å². The molecule has 0 bridgehead atoms. The average molecular weight is 303 g/mol.